The van der Waals surface area contributed by atoms with E-state index in [0.29, 0.717) is 31.6 Å². The van der Waals surface area contributed by atoms with Crippen LogP contribution in [0.3, 0.4) is 0 Å². The molecule has 7 nitrogen and oxygen atoms in total. The Hall–Kier alpha value is -1.92. The largest absolute Gasteiger partial charge is 0.481 e. The molecule has 1 amide bonds. The van der Waals surface area contributed by atoms with E-state index in [9.17, 15) is 9.59 Å². The van der Waals surface area contributed by atoms with Gasteiger partial charge in [-0.05, 0) is 25.7 Å². The van der Waals surface area contributed by atoms with Crippen molar-refractivity contribution in [3.8, 4) is 0 Å². The Morgan fingerprint density at radius 3 is 2.44 bits per heavy atom. The van der Waals surface area contributed by atoms with Crippen molar-refractivity contribution in [2.45, 2.75) is 25.7 Å². The number of carboxylic acid groups (broad SMARTS) is 1. The molecule has 0 atom stereocenters. The van der Waals surface area contributed by atoms with E-state index >= 15 is 0 Å². The first-order chi connectivity index (χ1) is 8.58. The van der Waals surface area contributed by atoms with Crippen molar-refractivity contribution in [2.75, 3.05) is 5.32 Å². The molecule has 1 aromatic rings. The van der Waals surface area contributed by atoms with Gasteiger partial charge < -0.3 is 5.11 Å². The number of nitrogens with one attached hydrogen (secondary N) is 1. The molecular weight excluding hydrogens is 236 g/mol. The summed E-state index contributed by atoms with van der Waals surface area (Å²) in [6.45, 7) is 0. The van der Waals surface area contributed by atoms with Crippen LogP contribution in [0.1, 0.15) is 25.7 Å². The summed E-state index contributed by atoms with van der Waals surface area (Å²) >= 11 is 0. The number of hydrogen-bond donors (Lipinski definition) is 2. The van der Waals surface area contributed by atoms with Crippen molar-refractivity contribution in [2.24, 2.45) is 18.9 Å². The van der Waals surface area contributed by atoms with Crippen LogP contribution in [0.5, 0.6) is 0 Å². The third-order valence-corrected chi connectivity index (χ3v) is 3.39. The van der Waals surface area contributed by atoms with Gasteiger partial charge in [0.05, 0.1) is 5.92 Å². The molecule has 0 spiro atoms. The van der Waals surface area contributed by atoms with E-state index in [2.05, 4.69) is 15.4 Å². The highest BCUT2D eigenvalue weighted by molar-refractivity contribution is 5.91. The fourth-order valence-electron chi connectivity index (χ4n) is 2.22. The molecule has 1 heterocycles. The minimum Gasteiger partial charge on any atom is -0.481 e. The van der Waals surface area contributed by atoms with Gasteiger partial charge in [0.2, 0.25) is 11.9 Å². The highest BCUT2D eigenvalue weighted by Gasteiger charge is 2.30. The van der Waals surface area contributed by atoms with E-state index in [4.69, 9.17) is 5.11 Å². The molecule has 0 saturated heterocycles. The number of nitrogens with zero attached hydrogens (tertiary/aromatic N) is 3. The normalized spacial score (nSPS) is 23.6. The summed E-state index contributed by atoms with van der Waals surface area (Å²) in [4.78, 5) is 26.7. The average molecular weight is 252 g/mol. The third kappa shape index (κ3) is 2.66. The van der Waals surface area contributed by atoms with Crippen molar-refractivity contribution >= 4 is 17.8 Å². The number of carbonyl (C=O) groups is 2. The lowest BCUT2D eigenvalue weighted by atomic mass is 9.81. The van der Waals surface area contributed by atoms with Crippen LogP contribution in [-0.2, 0) is 16.6 Å². The summed E-state index contributed by atoms with van der Waals surface area (Å²) < 4.78 is 1.49. The number of aryl methyl sites for hydroxylation is 1. The highest BCUT2D eigenvalue weighted by Crippen LogP contribution is 2.29. The first-order valence-electron chi connectivity index (χ1n) is 5.95. The summed E-state index contributed by atoms with van der Waals surface area (Å²) in [6, 6.07) is 0. The van der Waals surface area contributed by atoms with Crippen LogP contribution in [-0.4, -0.2) is 31.7 Å². The molecular formula is C11H16N4O3. The molecule has 0 unspecified atom stereocenters. The maximum absolute atomic E-state index is 12.0. The van der Waals surface area contributed by atoms with Crippen LogP contribution in [0.25, 0.3) is 0 Å². The van der Waals surface area contributed by atoms with Crippen LogP contribution in [0, 0.1) is 11.8 Å². The molecule has 0 bridgehead atoms. The zero-order chi connectivity index (χ0) is 13.1. The summed E-state index contributed by atoms with van der Waals surface area (Å²) in [6.07, 6.45) is 3.72. The standard InChI is InChI=1S/C11H16N4O3/c1-15-11(12-6-13-15)14-9(16)7-2-4-8(5-3-7)10(17)18/h6-8H,2-5H2,1H3,(H,17,18)(H,12,13,14,16). The molecule has 98 valence electrons. The van der Waals surface area contributed by atoms with E-state index in [1.807, 2.05) is 0 Å². The van der Waals surface area contributed by atoms with Gasteiger partial charge in [0.25, 0.3) is 0 Å². The van der Waals surface area contributed by atoms with Gasteiger partial charge >= 0.3 is 5.97 Å². The van der Waals surface area contributed by atoms with Gasteiger partial charge in [-0.25, -0.2) is 4.68 Å². The maximum atomic E-state index is 12.0. The number of carboxylic acids is 1. The number of aromatic nitrogens is 3. The van der Waals surface area contributed by atoms with Gasteiger partial charge in [-0.15, -0.1) is 0 Å². The van der Waals surface area contributed by atoms with Gasteiger partial charge in [0.15, 0.2) is 0 Å². The number of rotatable bonds is 3. The number of carbonyl (C=O) groups excluding carboxylic acids is 1. The Morgan fingerprint density at radius 1 is 1.33 bits per heavy atom. The van der Waals surface area contributed by atoms with Crippen molar-refractivity contribution in [3.63, 3.8) is 0 Å². The second-order valence-electron chi connectivity index (χ2n) is 4.58. The molecule has 1 saturated carbocycles. The fourth-order valence-corrected chi connectivity index (χ4v) is 2.22. The number of aliphatic carboxylic acids is 1. The Balaban J connectivity index is 1.88. The molecule has 2 rings (SSSR count). The number of anilines is 1. The summed E-state index contributed by atoms with van der Waals surface area (Å²) in [7, 11) is 1.70. The van der Waals surface area contributed by atoms with E-state index in [1.165, 1.54) is 11.0 Å². The smallest absolute Gasteiger partial charge is 0.306 e. The molecule has 1 aromatic heterocycles. The molecule has 2 N–H and O–H groups in total. The van der Waals surface area contributed by atoms with E-state index in [-0.39, 0.29) is 17.7 Å². The lowest BCUT2D eigenvalue weighted by molar-refractivity contribution is -0.143. The van der Waals surface area contributed by atoms with Crippen LogP contribution in [0.15, 0.2) is 6.33 Å². The maximum Gasteiger partial charge on any atom is 0.306 e. The second-order valence-corrected chi connectivity index (χ2v) is 4.58. The highest BCUT2D eigenvalue weighted by atomic mass is 16.4. The summed E-state index contributed by atoms with van der Waals surface area (Å²) in [5.74, 6) is -0.876. The minimum absolute atomic E-state index is 0.102. The predicted octanol–water partition coefficient (Wildman–Crippen LogP) is 0.645. The van der Waals surface area contributed by atoms with Crippen LogP contribution in [0.2, 0.25) is 0 Å². The van der Waals surface area contributed by atoms with Gasteiger partial charge in [0, 0.05) is 13.0 Å². The molecule has 1 fully saturated rings. The fraction of sp³-hybridized carbons (Fsp3) is 0.636. The van der Waals surface area contributed by atoms with E-state index < -0.39 is 5.97 Å². The Kier molecular flexibility index (Phi) is 3.59. The topological polar surface area (TPSA) is 97.1 Å². The number of amides is 1. The van der Waals surface area contributed by atoms with Crippen molar-refractivity contribution in [1.82, 2.24) is 14.8 Å². The molecule has 0 aromatic carbocycles. The van der Waals surface area contributed by atoms with Crippen molar-refractivity contribution in [3.05, 3.63) is 6.33 Å². The minimum atomic E-state index is -0.762. The van der Waals surface area contributed by atoms with Crippen LogP contribution >= 0.6 is 0 Å². The first-order valence-corrected chi connectivity index (χ1v) is 5.95. The molecule has 1 aliphatic rings. The van der Waals surface area contributed by atoms with Gasteiger partial charge in [-0.1, -0.05) is 0 Å². The number of hydrogen-bond acceptors (Lipinski definition) is 4. The predicted molar refractivity (Wildman–Crippen MR) is 62.7 cm³/mol. The molecule has 0 aliphatic heterocycles. The Morgan fingerprint density at radius 2 is 1.94 bits per heavy atom. The zero-order valence-electron chi connectivity index (χ0n) is 10.2. The average Bonchev–Trinajstić information content (AvgIpc) is 2.75. The van der Waals surface area contributed by atoms with Crippen LogP contribution < -0.4 is 5.32 Å². The van der Waals surface area contributed by atoms with Crippen molar-refractivity contribution < 1.29 is 14.7 Å². The lowest BCUT2D eigenvalue weighted by Gasteiger charge is -2.24. The monoisotopic (exact) mass is 252 g/mol. The molecule has 7 heteroatoms. The van der Waals surface area contributed by atoms with E-state index in [0.717, 1.165) is 0 Å². The first kappa shape index (κ1) is 12.5. The summed E-state index contributed by atoms with van der Waals surface area (Å²) in [5.41, 5.74) is 0. The van der Waals surface area contributed by atoms with Crippen molar-refractivity contribution in [1.29, 1.82) is 0 Å². The second kappa shape index (κ2) is 5.16. The van der Waals surface area contributed by atoms with Gasteiger partial charge in [-0.3, -0.25) is 14.9 Å². The third-order valence-electron chi connectivity index (χ3n) is 3.39. The molecule has 18 heavy (non-hydrogen) atoms. The van der Waals surface area contributed by atoms with Crippen LogP contribution in [0.4, 0.5) is 5.95 Å². The quantitative estimate of drug-likeness (QED) is 0.823. The Bertz CT molecular complexity index is 449. The summed E-state index contributed by atoms with van der Waals surface area (Å²) in [5, 5.41) is 15.5. The molecule has 0 radical (unpaired) electrons. The SMILES string of the molecule is Cn1ncnc1NC(=O)C1CCC(C(=O)O)CC1. The lowest BCUT2D eigenvalue weighted by Crippen LogP contribution is -2.30. The van der Waals surface area contributed by atoms with E-state index in [1.54, 1.807) is 7.05 Å². The van der Waals surface area contributed by atoms with Gasteiger partial charge in [0.1, 0.15) is 6.33 Å². The van der Waals surface area contributed by atoms with Gasteiger partial charge in [-0.2, -0.15) is 10.1 Å². The molecule has 1 aliphatic carbocycles. The Labute approximate surface area is 104 Å². The zero-order valence-corrected chi connectivity index (χ0v) is 10.2.